The highest BCUT2D eigenvalue weighted by Gasteiger charge is 2.22. The summed E-state index contributed by atoms with van der Waals surface area (Å²) in [6.07, 6.45) is 3.79. The van der Waals surface area contributed by atoms with Crippen LogP contribution in [0.5, 0.6) is 5.75 Å². The molecular formula is C16H24N2O2. The van der Waals surface area contributed by atoms with Gasteiger partial charge in [-0.1, -0.05) is 12.1 Å². The van der Waals surface area contributed by atoms with Crippen LogP contribution in [0.15, 0.2) is 24.3 Å². The molecule has 1 saturated heterocycles. The third-order valence-corrected chi connectivity index (χ3v) is 4.04. The first-order valence-corrected chi connectivity index (χ1v) is 7.39. The standard InChI is InChI=1S/C16H24N2O2/c1-17-8-5-13-6-9-18(10-7-13)16(20)12-14-3-2-4-15(19)11-14/h2-4,11,13,17,19H,5-10,12H2,1H3. The zero-order valence-corrected chi connectivity index (χ0v) is 12.1. The number of phenols is 1. The van der Waals surface area contributed by atoms with Crippen LogP contribution >= 0.6 is 0 Å². The number of aromatic hydroxyl groups is 1. The predicted molar refractivity (Wildman–Crippen MR) is 79.7 cm³/mol. The summed E-state index contributed by atoms with van der Waals surface area (Å²) in [7, 11) is 1.98. The Balaban J connectivity index is 1.80. The maximum absolute atomic E-state index is 12.2. The third kappa shape index (κ3) is 4.23. The number of benzene rings is 1. The van der Waals surface area contributed by atoms with E-state index in [1.54, 1.807) is 18.2 Å². The average Bonchev–Trinajstić information content (AvgIpc) is 2.45. The van der Waals surface area contributed by atoms with E-state index in [9.17, 15) is 9.90 Å². The molecule has 110 valence electrons. The van der Waals surface area contributed by atoms with E-state index in [1.807, 2.05) is 18.0 Å². The van der Waals surface area contributed by atoms with Gasteiger partial charge in [0.25, 0.3) is 0 Å². The minimum atomic E-state index is 0.169. The molecule has 2 N–H and O–H groups in total. The molecule has 0 atom stereocenters. The van der Waals surface area contributed by atoms with Crippen molar-refractivity contribution in [3.05, 3.63) is 29.8 Å². The van der Waals surface area contributed by atoms with Crippen LogP contribution in [0.1, 0.15) is 24.8 Å². The molecule has 0 unspecified atom stereocenters. The van der Waals surface area contributed by atoms with Gasteiger partial charge in [0.2, 0.25) is 5.91 Å². The van der Waals surface area contributed by atoms with Crippen molar-refractivity contribution in [1.29, 1.82) is 0 Å². The molecule has 0 radical (unpaired) electrons. The molecule has 1 heterocycles. The van der Waals surface area contributed by atoms with Gasteiger partial charge in [-0.05, 0) is 56.5 Å². The second-order valence-electron chi connectivity index (χ2n) is 5.56. The van der Waals surface area contributed by atoms with Crippen LogP contribution in [-0.4, -0.2) is 42.6 Å². The van der Waals surface area contributed by atoms with Crippen LogP contribution in [0.25, 0.3) is 0 Å². The number of phenolic OH excluding ortho intramolecular Hbond substituents is 1. The summed E-state index contributed by atoms with van der Waals surface area (Å²) >= 11 is 0. The fourth-order valence-electron chi connectivity index (χ4n) is 2.77. The zero-order valence-electron chi connectivity index (χ0n) is 12.1. The number of nitrogens with zero attached hydrogens (tertiary/aromatic N) is 1. The number of piperidine rings is 1. The maximum Gasteiger partial charge on any atom is 0.226 e. The fraction of sp³-hybridized carbons (Fsp3) is 0.562. The average molecular weight is 276 g/mol. The van der Waals surface area contributed by atoms with Crippen molar-refractivity contribution in [2.24, 2.45) is 5.92 Å². The molecule has 1 aliphatic heterocycles. The molecule has 1 aromatic rings. The summed E-state index contributed by atoms with van der Waals surface area (Å²) in [4.78, 5) is 14.2. The summed E-state index contributed by atoms with van der Waals surface area (Å²) in [6, 6.07) is 6.96. The molecule has 20 heavy (non-hydrogen) atoms. The molecule has 1 aromatic carbocycles. The van der Waals surface area contributed by atoms with Crippen molar-refractivity contribution >= 4 is 5.91 Å². The quantitative estimate of drug-likeness (QED) is 0.862. The Labute approximate surface area is 120 Å². The molecule has 1 amide bonds. The van der Waals surface area contributed by atoms with Crippen LogP contribution in [0.3, 0.4) is 0 Å². The van der Waals surface area contributed by atoms with Crippen LogP contribution in [-0.2, 0) is 11.2 Å². The van der Waals surface area contributed by atoms with Gasteiger partial charge in [0.15, 0.2) is 0 Å². The highest BCUT2D eigenvalue weighted by molar-refractivity contribution is 5.79. The number of rotatable bonds is 5. The van der Waals surface area contributed by atoms with E-state index in [1.165, 1.54) is 6.42 Å². The second-order valence-corrected chi connectivity index (χ2v) is 5.56. The number of carbonyl (C=O) groups is 1. The molecule has 1 fully saturated rings. The van der Waals surface area contributed by atoms with Gasteiger partial charge in [-0.15, -0.1) is 0 Å². The van der Waals surface area contributed by atoms with E-state index < -0.39 is 0 Å². The van der Waals surface area contributed by atoms with Crippen LogP contribution in [0.2, 0.25) is 0 Å². The lowest BCUT2D eigenvalue weighted by Crippen LogP contribution is -2.39. The molecule has 1 aliphatic rings. The molecule has 0 saturated carbocycles. The molecule has 2 rings (SSSR count). The lowest BCUT2D eigenvalue weighted by molar-refractivity contribution is -0.131. The van der Waals surface area contributed by atoms with Gasteiger partial charge in [0.1, 0.15) is 5.75 Å². The van der Waals surface area contributed by atoms with Crippen molar-refractivity contribution < 1.29 is 9.90 Å². The Kier molecular flexibility index (Phi) is 5.41. The van der Waals surface area contributed by atoms with Crippen molar-refractivity contribution in [2.75, 3.05) is 26.7 Å². The van der Waals surface area contributed by atoms with Crippen molar-refractivity contribution in [3.8, 4) is 5.75 Å². The molecule has 0 spiro atoms. The van der Waals surface area contributed by atoms with E-state index in [4.69, 9.17) is 0 Å². The van der Waals surface area contributed by atoms with E-state index in [2.05, 4.69) is 5.32 Å². The maximum atomic E-state index is 12.2. The van der Waals surface area contributed by atoms with Gasteiger partial charge in [-0.3, -0.25) is 4.79 Å². The normalized spacial score (nSPS) is 16.4. The highest BCUT2D eigenvalue weighted by atomic mass is 16.3. The van der Waals surface area contributed by atoms with Gasteiger partial charge < -0.3 is 15.3 Å². The minimum absolute atomic E-state index is 0.169. The molecule has 0 aromatic heterocycles. The smallest absolute Gasteiger partial charge is 0.226 e. The number of hydrogen-bond acceptors (Lipinski definition) is 3. The van der Waals surface area contributed by atoms with Gasteiger partial charge in [-0.25, -0.2) is 0 Å². The van der Waals surface area contributed by atoms with Crippen LogP contribution in [0, 0.1) is 5.92 Å². The fourth-order valence-corrected chi connectivity index (χ4v) is 2.77. The number of hydrogen-bond donors (Lipinski definition) is 2. The van der Waals surface area contributed by atoms with Crippen molar-refractivity contribution in [1.82, 2.24) is 10.2 Å². The van der Waals surface area contributed by atoms with Gasteiger partial charge in [0.05, 0.1) is 6.42 Å². The minimum Gasteiger partial charge on any atom is -0.508 e. The Morgan fingerprint density at radius 2 is 2.15 bits per heavy atom. The Morgan fingerprint density at radius 3 is 2.80 bits per heavy atom. The first-order valence-electron chi connectivity index (χ1n) is 7.39. The van der Waals surface area contributed by atoms with Crippen molar-refractivity contribution in [2.45, 2.75) is 25.7 Å². The zero-order chi connectivity index (χ0) is 14.4. The van der Waals surface area contributed by atoms with Gasteiger partial charge in [0, 0.05) is 13.1 Å². The largest absolute Gasteiger partial charge is 0.508 e. The topological polar surface area (TPSA) is 52.6 Å². The molecule has 4 heteroatoms. The van der Waals surface area contributed by atoms with Gasteiger partial charge in [-0.2, -0.15) is 0 Å². The molecule has 0 bridgehead atoms. The Morgan fingerprint density at radius 1 is 1.40 bits per heavy atom. The number of amides is 1. The first kappa shape index (κ1) is 14.9. The van der Waals surface area contributed by atoms with Gasteiger partial charge >= 0.3 is 0 Å². The number of nitrogens with one attached hydrogen (secondary N) is 1. The van der Waals surface area contributed by atoms with E-state index in [0.717, 1.165) is 44.0 Å². The third-order valence-electron chi connectivity index (χ3n) is 4.04. The van der Waals surface area contributed by atoms with Crippen molar-refractivity contribution in [3.63, 3.8) is 0 Å². The van der Waals surface area contributed by atoms with E-state index in [0.29, 0.717) is 6.42 Å². The second kappa shape index (κ2) is 7.29. The lowest BCUT2D eigenvalue weighted by Gasteiger charge is -2.32. The van der Waals surface area contributed by atoms with Crippen LogP contribution in [0.4, 0.5) is 0 Å². The Bertz CT molecular complexity index is 440. The predicted octanol–water partition coefficient (Wildman–Crippen LogP) is 1.78. The molecule has 4 nitrogen and oxygen atoms in total. The van der Waals surface area contributed by atoms with E-state index in [-0.39, 0.29) is 11.7 Å². The summed E-state index contributed by atoms with van der Waals surface area (Å²) < 4.78 is 0. The first-order chi connectivity index (χ1) is 9.69. The summed E-state index contributed by atoms with van der Waals surface area (Å²) in [5.41, 5.74) is 0.882. The number of likely N-dealkylation sites (tertiary alicyclic amines) is 1. The summed E-state index contributed by atoms with van der Waals surface area (Å²) in [6.45, 7) is 2.79. The Hall–Kier alpha value is -1.55. The summed E-state index contributed by atoms with van der Waals surface area (Å²) in [5.74, 6) is 1.14. The van der Waals surface area contributed by atoms with Crippen LogP contribution < -0.4 is 5.32 Å². The lowest BCUT2D eigenvalue weighted by atomic mass is 9.93. The molecular weight excluding hydrogens is 252 g/mol. The van der Waals surface area contributed by atoms with E-state index >= 15 is 0 Å². The monoisotopic (exact) mass is 276 g/mol. The molecule has 0 aliphatic carbocycles. The number of carbonyl (C=O) groups excluding carboxylic acids is 1. The SMILES string of the molecule is CNCCC1CCN(C(=O)Cc2cccc(O)c2)CC1. The summed E-state index contributed by atoms with van der Waals surface area (Å²) in [5, 5.41) is 12.6. The highest BCUT2D eigenvalue weighted by Crippen LogP contribution is 2.21.